The number of aliphatic carboxylic acids is 1. The highest BCUT2D eigenvalue weighted by Gasteiger charge is 2.30. The predicted molar refractivity (Wildman–Crippen MR) is 86.7 cm³/mol. The maximum absolute atomic E-state index is 12.2. The number of hydrogen-bond acceptors (Lipinski definition) is 4. The van der Waals surface area contributed by atoms with Crippen molar-refractivity contribution in [2.24, 2.45) is 5.92 Å². The second-order valence-electron chi connectivity index (χ2n) is 5.57. The molecule has 0 saturated heterocycles. The fourth-order valence-corrected chi connectivity index (χ4v) is 3.55. The SMILES string of the molecule is C#CCNS(=O)(=O)c1ccc(C(=O)N[C@H]2CC[C@@H](C(=O)O)C2)cc1. The molecule has 1 saturated carbocycles. The van der Waals surface area contributed by atoms with Gasteiger partial charge in [0.15, 0.2) is 0 Å². The van der Waals surface area contributed by atoms with Gasteiger partial charge in [0.25, 0.3) is 5.91 Å². The van der Waals surface area contributed by atoms with Gasteiger partial charge in [0.1, 0.15) is 0 Å². The molecule has 0 aromatic heterocycles. The summed E-state index contributed by atoms with van der Waals surface area (Å²) in [6.45, 7) is -0.114. The molecule has 0 bridgehead atoms. The highest BCUT2D eigenvalue weighted by atomic mass is 32.2. The number of amides is 1. The van der Waals surface area contributed by atoms with Crippen LogP contribution in [0.3, 0.4) is 0 Å². The molecular weight excluding hydrogens is 332 g/mol. The van der Waals surface area contributed by atoms with Crippen LogP contribution in [0.4, 0.5) is 0 Å². The van der Waals surface area contributed by atoms with E-state index < -0.39 is 21.9 Å². The highest BCUT2D eigenvalue weighted by molar-refractivity contribution is 7.89. The van der Waals surface area contributed by atoms with Crippen LogP contribution in [0.25, 0.3) is 0 Å². The fraction of sp³-hybridized carbons (Fsp3) is 0.375. The van der Waals surface area contributed by atoms with E-state index in [9.17, 15) is 18.0 Å². The lowest BCUT2D eigenvalue weighted by Gasteiger charge is -2.12. The summed E-state index contributed by atoms with van der Waals surface area (Å²) in [6.07, 6.45) is 6.58. The molecule has 1 aliphatic rings. The number of sulfonamides is 1. The Bertz CT molecular complexity index is 765. The van der Waals surface area contributed by atoms with Crippen molar-refractivity contribution in [3.8, 4) is 12.3 Å². The number of carbonyl (C=O) groups is 2. The van der Waals surface area contributed by atoms with Gasteiger partial charge in [-0.05, 0) is 43.5 Å². The first-order valence-electron chi connectivity index (χ1n) is 7.40. The zero-order valence-electron chi connectivity index (χ0n) is 12.9. The number of nitrogens with one attached hydrogen (secondary N) is 2. The van der Waals surface area contributed by atoms with Gasteiger partial charge in [0.05, 0.1) is 17.4 Å². The number of hydrogen-bond donors (Lipinski definition) is 3. The molecule has 1 fully saturated rings. The van der Waals surface area contributed by atoms with Crippen LogP contribution in [-0.4, -0.2) is 38.0 Å². The Kier molecular flexibility index (Phi) is 5.59. The Labute approximate surface area is 140 Å². The van der Waals surface area contributed by atoms with Crippen LogP contribution in [0, 0.1) is 18.3 Å². The summed E-state index contributed by atoms with van der Waals surface area (Å²) in [7, 11) is -3.69. The van der Waals surface area contributed by atoms with Gasteiger partial charge in [-0.2, -0.15) is 4.72 Å². The topological polar surface area (TPSA) is 113 Å². The number of carbonyl (C=O) groups excluding carboxylic acids is 1. The summed E-state index contributed by atoms with van der Waals surface area (Å²) in [5.41, 5.74) is 0.310. The summed E-state index contributed by atoms with van der Waals surface area (Å²) in [4.78, 5) is 23.1. The van der Waals surface area contributed by atoms with Gasteiger partial charge in [-0.25, -0.2) is 8.42 Å². The van der Waals surface area contributed by atoms with E-state index in [0.717, 1.165) is 0 Å². The average molecular weight is 350 g/mol. The average Bonchev–Trinajstić information content (AvgIpc) is 3.02. The zero-order chi connectivity index (χ0) is 17.7. The van der Waals surface area contributed by atoms with E-state index in [1.807, 2.05) is 0 Å². The van der Waals surface area contributed by atoms with Crippen molar-refractivity contribution in [1.82, 2.24) is 10.0 Å². The van der Waals surface area contributed by atoms with Crippen LogP contribution in [0.1, 0.15) is 29.6 Å². The molecule has 7 nitrogen and oxygen atoms in total. The van der Waals surface area contributed by atoms with E-state index in [4.69, 9.17) is 11.5 Å². The van der Waals surface area contributed by atoms with Crippen molar-refractivity contribution >= 4 is 21.9 Å². The molecule has 1 aromatic rings. The molecule has 1 aromatic carbocycles. The second kappa shape index (κ2) is 7.47. The van der Waals surface area contributed by atoms with Gasteiger partial charge in [0, 0.05) is 11.6 Å². The Hall–Kier alpha value is -2.37. The summed E-state index contributed by atoms with van der Waals surface area (Å²) >= 11 is 0. The highest BCUT2D eigenvalue weighted by Crippen LogP contribution is 2.25. The lowest BCUT2D eigenvalue weighted by molar-refractivity contribution is -0.141. The van der Waals surface area contributed by atoms with Gasteiger partial charge >= 0.3 is 5.97 Å². The first-order valence-corrected chi connectivity index (χ1v) is 8.88. The lowest BCUT2D eigenvalue weighted by atomic mass is 10.1. The Morgan fingerprint density at radius 2 is 1.92 bits per heavy atom. The van der Waals surface area contributed by atoms with Gasteiger partial charge in [-0.3, -0.25) is 9.59 Å². The quantitative estimate of drug-likeness (QED) is 0.650. The standard InChI is InChI=1S/C16H18N2O5S/c1-2-9-17-24(22,23)14-7-4-11(5-8-14)15(19)18-13-6-3-12(10-13)16(20)21/h1,4-5,7-8,12-13,17H,3,6,9-10H2,(H,18,19)(H,20,21)/t12-,13+/m1/s1. The normalized spacial score (nSPS) is 20.3. The van der Waals surface area contributed by atoms with Crippen LogP contribution in [0.15, 0.2) is 29.2 Å². The van der Waals surface area contributed by atoms with E-state index >= 15 is 0 Å². The molecule has 2 atom stereocenters. The molecule has 8 heteroatoms. The third-order valence-corrected chi connectivity index (χ3v) is 5.33. The van der Waals surface area contributed by atoms with E-state index in [1.54, 1.807) is 0 Å². The Balaban J connectivity index is 1.99. The first kappa shape index (κ1) is 18.0. The molecule has 0 radical (unpaired) electrons. The number of carboxylic acid groups (broad SMARTS) is 1. The summed E-state index contributed by atoms with van der Waals surface area (Å²) in [5, 5.41) is 11.7. The van der Waals surface area contributed by atoms with Crippen molar-refractivity contribution < 1.29 is 23.1 Å². The van der Waals surface area contributed by atoms with Crippen molar-refractivity contribution in [2.75, 3.05) is 6.54 Å². The summed E-state index contributed by atoms with van der Waals surface area (Å²) < 4.78 is 26.0. The summed E-state index contributed by atoms with van der Waals surface area (Å²) in [5.74, 6) is 0.551. The van der Waals surface area contributed by atoms with Crippen LogP contribution >= 0.6 is 0 Å². The van der Waals surface area contributed by atoms with E-state index in [1.165, 1.54) is 24.3 Å². The van der Waals surface area contributed by atoms with Crippen molar-refractivity contribution in [1.29, 1.82) is 0 Å². The maximum atomic E-state index is 12.2. The van der Waals surface area contributed by atoms with Crippen molar-refractivity contribution in [3.63, 3.8) is 0 Å². The third-order valence-electron chi connectivity index (χ3n) is 3.91. The zero-order valence-corrected chi connectivity index (χ0v) is 13.7. The van der Waals surface area contributed by atoms with Crippen LogP contribution in [0.5, 0.6) is 0 Å². The van der Waals surface area contributed by atoms with Crippen LogP contribution < -0.4 is 10.0 Å². The van der Waals surface area contributed by atoms with Crippen LogP contribution in [0.2, 0.25) is 0 Å². The van der Waals surface area contributed by atoms with Gasteiger partial charge < -0.3 is 10.4 Å². The molecule has 1 aliphatic carbocycles. The molecule has 0 spiro atoms. The minimum Gasteiger partial charge on any atom is -0.481 e. The van der Waals surface area contributed by atoms with E-state index in [2.05, 4.69) is 16.0 Å². The lowest BCUT2D eigenvalue weighted by Crippen LogP contribution is -2.33. The third kappa shape index (κ3) is 4.34. The maximum Gasteiger partial charge on any atom is 0.306 e. The summed E-state index contributed by atoms with van der Waals surface area (Å²) in [6, 6.07) is 5.27. The molecular formula is C16H18N2O5S. The predicted octanol–water partition coefficient (Wildman–Crippen LogP) is 0.581. The fourth-order valence-electron chi connectivity index (χ4n) is 2.61. The number of carboxylic acids is 1. The molecule has 0 heterocycles. The smallest absolute Gasteiger partial charge is 0.306 e. The number of rotatable bonds is 6. The monoisotopic (exact) mass is 350 g/mol. The van der Waals surface area contributed by atoms with Crippen molar-refractivity contribution in [3.05, 3.63) is 29.8 Å². The first-order chi connectivity index (χ1) is 11.3. The number of terminal acetylenes is 1. The molecule has 24 heavy (non-hydrogen) atoms. The Morgan fingerprint density at radius 3 is 2.46 bits per heavy atom. The Morgan fingerprint density at radius 1 is 1.25 bits per heavy atom. The van der Waals surface area contributed by atoms with Gasteiger partial charge in [-0.1, -0.05) is 5.92 Å². The minimum atomic E-state index is -3.69. The van der Waals surface area contributed by atoms with Gasteiger partial charge in [-0.15, -0.1) is 6.42 Å². The van der Waals surface area contributed by atoms with Crippen molar-refractivity contribution in [2.45, 2.75) is 30.2 Å². The van der Waals surface area contributed by atoms with Gasteiger partial charge in [0.2, 0.25) is 10.0 Å². The number of benzene rings is 1. The molecule has 3 N–H and O–H groups in total. The second-order valence-corrected chi connectivity index (χ2v) is 7.34. The van der Waals surface area contributed by atoms with Crippen LogP contribution in [-0.2, 0) is 14.8 Å². The largest absolute Gasteiger partial charge is 0.481 e. The van der Waals surface area contributed by atoms with E-state index in [-0.39, 0.29) is 23.4 Å². The molecule has 1 amide bonds. The molecule has 128 valence electrons. The molecule has 0 unspecified atom stereocenters. The molecule has 2 rings (SSSR count). The molecule has 0 aliphatic heterocycles. The minimum absolute atomic E-state index is 0.0149. The van der Waals surface area contributed by atoms with E-state index in [0.29, 0.717) is 24.8 Å².